The summed E-state index contributed by atoms with van der Waals surface area (Å²) in [5.41, 5.74) is 0.408. The molecule has 0 atom stereocenters. The van der Waals surface area contributed by atoms with Gasteiger partial charge in [-0.25, -0.2) is 0 Å². The van der Waals surface area contributed by atoms with Crippen LogP contribution in [0, 0.1) is 0 Å². The van der Waals surface area contributed by atoms with Crippen LogP contribution in [0.2, 0.25) is 0 Å². The molecule has 3 heteroatoms. The SMILES string of the molecule is CNC1(CCN(C)CCOC(C)C)CCCCC1. The highest BCUT2D eigenvalue weighted by molar-refractivity contribution is 4.90. The monoisotopic (exact) mass is 256 g/mol. The van der Waals surface area contributed by atoms with Crippen molar-refractivity contribution < 1.29 is 4.74 Å². The van der Waals surface area contributed by atoms with Crippen LogP contribution < -0.4 is 5.32 Å². The van der Waals surface area contributed by atoms with E-state index in [0.717, 1.165) is 13.2 Å². The first kappa shape index (κ1) is 15.9. The lowest BCUT2D eigenvalue weighted by atomic mass is 9.79. The molecule has 1 saturated carbocycles. The highest BCUT2D eigenvalue weighted by Crippen LogP contribution is 2.30. The van der Waals surface area contributed by atoms with E-state index in [1.54, 1.807) is 0 Å². The maximum Gasteiger partial charge on any atom is 0.0596 e. The van der Waals surface area contributed by atoms with Gasteiger partial charge in [-0.1, -0.05) is 19.3 Å². The van der Waals surface area contributed by atoms with Gasteiger partial charge < -0.3 is 15.0 Å². The van der Waals surface area contributed by atoms with Crippen molar-refractivity contribution in [3.63, 3.8) is 0 Å². The first-order valence-electron chi connectivity index (χ1n) is 7.57. The molecular formula is C15H32N2O. The molecule has 0 radical (unpaired) electrons. The zero-order valence-corrected chi connectivity index (χ0v) is 12.8. The third-order valence-electron chi connectivity index (χ3n) is 4.24. The number of hydrogen-bond acceptors (Lipinski definition) is 3. The van der Waals surface area contributed by atoms with Gasteiger partial charge in [0.2, 0.25) is 0 Å². The van der Waals surface area contributed by atoms with E-state index in [9.17, 15) is 0 Å². The van der Waals surface area contributed by atoms with Gasteiger partial charge in [0.15, 0.2) is 0 Å². The Balaban J connectivity index is 2.20. The molecule has 1 aliphatic carbocycles. The molecule has 1 rings (SSSR count). The molecule has 0 spiro atoms. The van der Waals surface area contributed by atoms with Gasteiger partial charge in [-0.3, -0.25) is 0 Å². The minimum Gasteiger partial charge on any atom is -0.377 e. The molecule has 0 aliphatic heterocycles. The molecule has 1 fully saturated rings. The molecule has 0 aromatic rings. The van der Waals surface area contributed by atoms with Gasteiger partial charge in [-0.15, -0.1) is 0 Å². The summed E-state index contributed by atoms with van der Waals surface area (Å²) in [6, 6.07) is 0. The molecule has 0 unspecified atom stereocenters. The summed E-state index contributed by atoms with van der Waals surface area (Å²) in [4.78, 5) is 2.40. The van der Waals surface area contributed by atoms with Gasteiger partial charge in [0.1, 0.15) is 0 Å². The third kappa shape index (κ3) is 5.68. The van der Waals surface area contributed by atoms with Gasteiger partial charge in [0.05, 0.1) is 12.7 Å². The van der Waals surface area contributed by atoms with E-state index < -0.39 is 0 Å². The summed E-state index contributed by atoms with van der Waals surface area (Å²) in [7, 11) is 4.34. The van der Waals surface area contributed by atoms with Crippen molar-refractivity contribution in [2.24, 2.45) is 0 Å². The van der Waals surface area contributed by atoms with Crippen molar-refractivity contribution in [2.45, 2.75) is 64.0 Å². The molecule has 0 amide bonds. The van der Waals surface area contributed by atoms with Crippen molar-refractivity contribution in [2.75, 3.05) is 33.8 Å². The number of rotatable bonds is 8. The van der Waals surface area contributed by atoms with E-state index in [-0.39, 0.29) is 0 Å². The van der Waals surface area contributed by atoms with Crippen LogP contribution in [0.4, 0.5) is 0 Å². The normalized spacial score (nSPS) is 19.7. The van der Waals surface area contributed by atoms with Crippen LogP contribution >= 0.6 is 0 Å². The van der Waals surface area contributed by atoms with E-state index >= 15 is 0 Å². The Labute approximate surface area is 113 Å². The standard InChI is InChI=1S/C15H32N2O/c1-14(2)18-13-12-17(4)11-10-15(16-3)8-6-5-7-9-15/h14,16H,5-13H2,1-4H3. The highest BCUT2D eigenvalue weighted by Gasteiger charge is 2.29. The summed E-state index contributed by atoms with van der Waals surface area (Å²) in [6.45, 7) is 7.25. The van der Waals surface area contributed by atoms with Crippen molar-refractivity contribution in [3.8, 4) is 0 Å². The minimum absolute atomic E-state index is 0.348. The van der Waals surface area contributed by atoms with Crippen molar-refractivity contribution >= 4 is 0 Å². The fourth-order valence-corrected chi connectivity index (χ4v) is 2.81. The molecule has 0 aromatic heterocycles. The Bertz CT molecular complexity index is 213. The van der Waals surface area contributed by atoms with Crippen LogP contribution in [-0.4, -0.2) is 50.3 Å². The summed E-state index contributed by atoms with van der Waals surface area (Å²) in [6.07, 6.45) is 8.51. The second-order valence-corrected chi connectivity index (χ2v) is 6.06. The summed E-state index contributed by atoms with van der Waals surface area (Å²) in [5.74, 6) is 0. The highest BCUT2D eigenvalue weighted by atomic mass is 16.5. The van der Waals surface area contributed by atoms with Crippen molar-refractivity contribution in [1.82, 2.24) is 10.2 Å². The van der Waals surface area contributed by atoms with Gasteiger partial charge in [0.25, 0.3) is 0 Å². The van der Waals surface area contributed by atoms with Crippen LogP contribution in [0.15, 0.2) is 0 Å². The zero-order valence-electron chi connectivity index (χ0n) is 12.8. The maximum absolute atomic E-state index is 5.60. The molecule has 1 N–H and O–H groups in total. The second kappa shape index (κ2) is 8.13. The van der Waals surface area contributed by atoms with E-state index in [0.29, 0.717) is 11.6 Å². The van der Waals surface area contributed by atoms with Gasteiger partial charge >= 0.3 is 0 Å². The quantitative estimate of drug-likeness (QED) is 0.722. The number of likely N-dealkylation sites (N-methyl/N-ethyl adjacent to an activating group) is 1. The topological polar surface area (TPSA) is 24.5 Å². The molecular weight excluding hydrogens is 224 g/mol. The molecule has 0 aromatic carbocycles. The first-order chi connectivity index (χ1) is 8.58. The number of hydrogen-bond donors (Lipinski definition) is 1. The fraction of sp³-hybridized carbons (Fsp3) is 1.00. The lowest BCUT2D eigenvalue weighted by Crippen LogP contribution is -2.46. The molecule has 1 aliphatic rings. The summed E-state index contributed by atoms with van der Waals surface area (Å²) >= 11 is 0. The van der Waals surface area contributed by atoms with Gasteiger partial charge in [-0.05, 0) is 53.8 Å². The van der Waals surface area contributed by atoms with Crippen LogP contribution in [0.1, 0.15) is 52.4 Å². The molecule has 0 saturated heterocycles. The van der Waals surface area contributed by atoms with Crippen LogP contribution in [0.3, 0.4) is 0 Å². The summed E-state index contributed by atoms with van der Waals surface area (Å²) < 4.78 is 5.60. The van der Waals surface area contributed by atoms with Gasteiger partial charge in [0, 0.05) is 12.1 Å². The Morgan fingerprint density at radius 1 is 1.17 bits per heavy atom. The van der Waals surface area contributed by atoms with Crippen molar-refractivity contribution in [3.05, 3.63) is 0 Å². The minimum atomic E-state index is 0.348. The predicted molar refractivity (Wildman–Crippen MR) is 78.1 cm³/mol. The van der Waals surface area contributed by atoms with E-state index in [4.69, 9.17) is 4.74 Å². The third-order valence-corrected chi connectivity index (χ3v) is 4.24. The lowest BCUT2D eigenvalue weighted by molar-refractivity contribution is 0.0613. The van der Waals surface area contributed by atoms with E-state index in [1.807, 2.05) is 0 Å². The largest absolute Gasteiger partial charge is 0.377 e. The average molecular weight is 256 g/mol. The predicted octanol–water partition coefficient (Wildman–Crippen LogP) is 2.66. The zero-order chi connectivity index (χ0) is 13.4. The molecule has 0 heterocycles. The molecule has 18 heavy (non-hydrogen) atoms. The average Bonchev–Trinajstić information content (AvgIpc) is 2.37. The Morgan fingerprint density at radius 3 is 2.39 bits per heavy atom. The maximum atomic E-state index is 5.60. The Kier molecular flexibility index (Phi) is 7.20. The number of nitrogens with zero attached hydrogens (tertiary/aromatic N) is 1. The Hall–Kier alpha value is -0.120. The molecule has 0 bridgehead atoms. The fourth-order valence-electron chi connectivity index (χ4n) is 2.81. The van der Waals surface area contributed by atoms with Crippen molar-refractivity contribution in [1.29, 1.82) is 0 Å². The smallest absolute Gasteiger partial charge is 0.0596 e. The van der Waals surface area contributed by atoms with E-state index in [1.165, 1.54) is 45.1 Å². The number of nitrogens with one attached hydrogen (secondary N) is 1. The Morgan fingerprint density at radius 2 is 1.83 bits per heavy atom. The van der Waals surface area contributed by atoms with Crippen LogP contribution in [-0.2, 0) is 4.74 Å². The van der Waals surface area contributed by atoms with E-state index in [2.05, 4.69) is 38.2 Å². The number of ether oxygens (including phenoxy) is 1. The lowest BCUT2D eigenvalue weighted by Gasteiger charge is -2.38. The molecule has 108 valence electrons. The summed E-state index contributed by atoms with van der Waals surface area (Å²) in [5, 5.41) is 3.59. The first-order valence-corrected chi connectivity index (χ1v) is 7.57. The second-order valence-electron chi connectivity index (χ2n) is 6.06. The van der Waals surface area contributed by atoms with Crippen LogP contribution in [0.25, 0.3) is 0 Å². The van der Waals surface area contributed by atoms with Gasteiger partial charge in [-0.2, -0.15) is 0 Å². The molecule has 3 nitrogen and oxygen atoms in total. The van der Waals surface area contributed by atoms with Crippen LogP contribution in [0.5, 0.6) is 0 Å².